The second kappa shape index (κ2) is 10.8. The summed E-state index contributed by atoms with van der Waals surface area (Å²) in [5, 5.41) is 0. The molecule has 35 heavy (non-hydrogen) atoms. The Balaban J connectivity index is 1.37. The number of para-hydroxylation sites is 1. The summed E-state index contributed by atoms with van der Waals surface area (Å²) in [5.74, 6) is 0.00128. The van der Waals surface area contributed by atoms with E-state index in [0.29, 0.717) is 49.9 Å². The van der Waals surface area contributed by atoms with Gasteiger partial charge in [0.05, 0.1) is 17.6 Å². The monoisotopic (exact) mass is 497 g/mol. The lowest BCUT2D eigenvalue weighted by molar-refractivity contribution is -0.129. The zero-order chi connectivity index (χ0) is 24.8. The van der Waals surface area contributed by atoms with E-state index in [1.54, 1.807) is 47.4 Å². The van der Waals surface area contributed by atoms with E-state index in [4.69, 9.17) is 4.74 Å². The van der Waals surface area contributed by atoms with Gasteiger partial charge in [-0.1, -0.05) is 42.5 Å². The van der Waals surface area contributed by atoms with Crippen LogP contribution in [0.5, 0.6) is 5.75 Å². The maximum absolute atomic E-state index is 14.1. The number of benzene rings is 3. The fourth-order valence-electron chi connectivity index (χ4n) is 3.98. The fourth-order valence-corrected chi connectivity index (χ4v) is 4.83. The summed E-state index contributed by atoms with van der Waals surface area (Å²) >= 11 is 0. The lowest BCUT2D eigenvalue weighted by Crippen LogP contribution is -2.52. The maximum Gasteiger partial charge on any atom is 0.243 e. The predicted octanol–water partition coefficient (Wildman–Crippen LogP) is 3.52. The molecule has 1 saturated heterocycles. The van der Waals surface area contributed by atoms with Crippen LogP contribution in [0.1, 0.15) is 5.56 Å². The van der Waals surface area contributed by atoms with E-state index in [0.717, 1.165) is 16.1 Å². The van der Waals surface area contributed by atoms with Crippen molar-refractivity contribution in [3.8, 4) is 5.75 Å². The van der Waals surface area contributed by atoms with Crippen molar-refractivity contribution in [1.82, 2.24) is 4.90 Å². The van der Waals surface area contributed by atoms with E-state index in [1.165, 1.54) is 6.07 Å². The smallest absolute Gasteiger partial charge is 0.243 e. The number of ether oxygens (including phenoxy) is 1. The normalized spacial score (nSPS) is 14.0. The van der Waals surface area contributed by atoms with Gasteiger partial charge in [-0.2, -0.15) is 0 Å². The van der Waals surface area contributed by atoms with Crippen LogP contribution in [0.15, 0.2) is 78.9 Å². The van der Waals surface area contributed by atoms with Crippen LogP contribution in [0.3, 0.4) is 0 Å². The average molecular weight is 498 g/mol. The number of rotatable bonds is 8. The molecule has 1 fully saturated rings. The minimum absolute atomic E-state index is 0.298. The Bertz CT molecular complexity index is 1250. The molecular formula is C26H28FN3O4S. The molecule has 0 radical (unpaired) electrons. The minimum Gasteiger partial charge on any atom is -0.489 e. The molecule has 0 saturated carbocycles. The molecule has 1 aliphatic heterocycles. The number of amides is 1. The van der Waals surface area contributed by atoms with Crippen molar-refractivity contribution >= 4 is 27.3 Å². The zero-order valence-electron chi connectivity index (χ0n) is 19.5. The van der Waals surface area contributed by atoms with Gasteiger partial charge < -0.3 is 14.5 Å². The van der Waals surface area contributed by atoms with Crippen LogP contribution in [0, 0.1) is 5.82 Å². The van der Waals surface area contributed by atoms with Crippen molar-refractivity contribution in [3.63, 3.8) is 0 Å². The third-order valence-electron chi connectivity index (χ3n) is 5.88. The first-order valence-corrected chi connectivity index (χ1v) is 13.2. The molecule has 0 bridgehead atoms. The van der Waals surface area contributed by atoms with E-state index in [-0.39, 0.29) is 18.3 Å². The SMILES string of the molecule is CS(=O)(=O)N(CC(=O)N1CCN(c2ccccc2F)CC1)c1ccc(OCc2ccccc2)cc1. The lowest BCUT2D eigenvalue weighted by atomic mass is 10.2. The molecule has 7 nitrogen and oxygen atoms in total. The summed E-state index contributed by atoms with van der Waals surface area (Å²) < 4.78 is 45.9. The molecule has 3 aromatic rings. The van der Waals surface area contributed by atoms with Gasteiger partial charge in [0.25, 0.3) is 0 Å². The number of nitrogens with zero attached hydrogens (tertiary/aromatic N) is 3. The lowest BCUT2D eigenvalue weighted by Gasteiger charge is -2.37. The van der Waals surface area contributed by atoms with Crippen molar-refractivity contribution < 1.29 is 22.3 Å². The topological polar surface area (TPSA) is 70.2 Å². The Labute approximate surface area is 205 Å². The largest absolute Gasteiger partial charge is 0.489 e. The van der Waals surface area contributed by atoms with Crippen molar-refractivity contribution in [2.45, 2.75) is 6.61 Å². The maximum atomic E-state index is 14.1. The number of anilines is 2. The highest BCUT2D eigenvalue weighted by Crippen LogP contribution is 2.24. The van der Waals surface area contributed by atoms with Gasteiger partial charge in [-0.15, -0.1) is 0 Å². The van der Waals surface area contributed by atoms with Crippen LogP contribution in [0.25, 0.3) is 0 Å². The molecule has 184 valence electrons. The van der Waals surface area contributed by atoms with E-state index >= 15 is 0 Å². The first-order chi connectivity index (χ1) is 16.8. The van der Waals surface area contributed by atoms with Crippen LogP contribution in [0.2, 0.25) is 0 Å². The van der Waals surface area contributed by atoms with Gasteiger partial charge in [0.2, 0.25) is 15.9 Å². The molecular weight excluding hydrogens is 469 g/mol. The first kappa shape index (κ1) is 24.5. The number of piperazine rings is 1. The zero-order valence-corrected chi connectivity index (χ0v) is 20.3. The van der Waals surface area contributed by atoms with Crippen molar-refractivity contribution in [2.24, 2.45) is 0 Å². The molecule has 9 heteroatoms. The third-order valence-corrected chi connectivity index (χ3v) is 7.02. The molecule has 0 unspecified atom stereocenters. The second-order valence-corrected chi connectivity index (χ2v) is 10.3. The fraction of sp³-hybridized carbons (Fsp3) is 0.269. The van der Waals surface area contributed by atoms with Crippen LogP contribution in [-0.2, 0) is 21.4 Å². The van der Waals surface area contributed by atoms with Gasteiger partial charge in [0.15, 0.2) is 0 Å². The van der Waals surface area contributed by atoms with E-state index < -0.39 is 10.0 Å². The van der Waals surface area contributed by atoms with Gasteiger partial charge in [0.1, 0.15) is 24.7 Å². The van der Waals surface area contributed by atoms with Crippen LogP contribution >= 0.6 is 0 Å². The summed E-state index contributed by atoms with van der Waals surface area (Å²) in [6.07, 6.45) is 1.08. The van der Waals surface area contributed by atoms with Gasteiger partial charge in [-0.25, -0.2) is 12.8 Å². The van der Waals surface area contributed by atoms with Crippen molar-refractivity contribution in [1.29, 1.82) is 0 Å². The second-order valence-electron chi connectivity index (χ2n) is 8.36. The molecule has 0 aromatic heterocycles. The number of carbonyl (C=O) groups is 1. The highest BCUT2D eigenvalue weighted by atomic mass is 32.2. The minimum atomic E-state index is -3.69. The summed E-state index contributed by atoms with van der Waals surface area (Å²) in [7, 11) is -3.69. The molecule has 1 amide bonds. The van der Waals surface area contributed by atoms with E-state index in [1.807, 2.05) is 35.2 Å². The molecule has 0 N–H and O–H groups in total. The predicted molar refractivity (Wildman–Crippen MR) is 135 cm³/mol. The van der Waals surface area contributed by atoms with Gasteiger partial charge in [0, 0.05) is 26.2 Å². The Kier molecular flexibility index (Phi) is 7.55. The Morgan fingerprint density at radius 3 is 2.17 bits per heavy atom. The van der Waals surface area contributed by atoms with Crippen molar-refractivity contribution in [2.75, 3.05) is 48.2 Å². The van der Waals surface area contributed by atoms with E-state index in [2.05, 4.69) is 0 Å². The van der Waals surface area contributed by atoms with Crippen LogP contribution in [-0.4, -0.2) is 58.2 Å². The quantitative estimate of drug-likeness (QED) is 0.476. The Hall–Kier alpha value is -3.59. The van der Waals surface area contributed by atoms with Gasteiger partial charge in [-0.05, 0) is 42.0 Å². The molecule has 0 spiro atoms. The van der Waals surface area contributed by atoms with Crippen molar-refractivity contribution in [3.05, 3.63) is 90.2 Å². The Morgan fingerprint density at radius 2 is 1.54 bits per heavy atom. The summed E-state index contributed by atoms with van der Waals surface area (Å²) in [5.41, 5.74) is 1.92. The standard InChI is InChI=1S/C26H28FN3O4S/c1-35(32,33)30(22-11-13-23(14-12-22)34-20-21-7-3-2-4-8-21)19-26(31)29-17-15-28(16-18-29)25-10-6-5-9-24(25)27/h2-14H,15-20H2,1H3. The van der Waals surface area contributed by atoms with Crippen LogP contribution in [0.4, 0.5) is 15.8 Å². The highest BCUT2D eigenvalue weighted by molar-refractivity contribution is 7.92. The first-order valence-electron chi connectivity index (χ1n) is 11.3. The molecule has 1 heterocycles. The average Bonchev–Trinajstić information content (AvgIpc) is 2.87. The van der Waals surface area contributed by atoms with E-state index in [9.17, 15) is 17.6 Å². The number of halogens is 1. The Morgan fingerprint density at radius 1 is 0.914 bits per heavy atom. The molecule has 1 aliphatic rings. The number of carbonyl (C=O) groups excluding carboxylic acids is 1. The molecule has 4 rings (SSSR count). The van der Waals surface area contributed by atoms with Crippen LogP contribution < -0.4 is 13.9 Å². The summed E-state index contributed by atoms with van der Waals surface area (Å²) in [6.45, 7) is 1.81. The number of hydrogen-bond donors (Lipinski definition) is 0. The van der Waals surface area contributed by atoms with Gasteiger partial charge in [-0.3, -0.25) is 9.10 Å². The number of sulfonamides is 1. The molecule has 0 atom stereocenters. The highest BCUT2D eigenvalue weighted by Gasteiger charge is 2.27. The summed E-state index contributed by atoms with van der Waals surface area (Å²) in [6, 6.07) is 22.9. The molecule has 3 aromatic carbocycles. The van der Waals surface area contributed by atoms with Gasteiger partial charge >= 0.3 is 0 Å². The number of hydrogen-bond acceptors (Lipinski definition) is 5. The third kappa shape index (κ3) is 6.30. The molecule has 0 aliphatic carbocycles. The summed E-state index contributed by atoms with van der Waals surface area (Å²) in [4.78, 5) is 16.5.